The van der Waals surface area contributed by atoms with Gasteiger partial charge in [0.1, 0.15) is 0 Å². The SMILES string of the molecule is CN1CC(CC(O)C(C)(C)C)CC(NCC(F)(F)F)C1. The summed E-state index contributed by atoms with van der Waals surface area (Å²) < 4.78 is 36.8. The average Bonchev–Trinajstić information content (AvgIpc) is 2.23. The number of nitrogens with zero attached hydrogens (tertiary/aromatic N) is 1. The fraction of sp³-hybridized carbons (Fsp3) is 1.00. The third-order valence-corrected chi connectivity index (χ3v) is 3.87. The lowest BCUT2D eigenvalue weighted by molar-refractivity contribution is -0.127. The molecule has 120 valence electrons. The van der Waals surface area contributed by atoms with Crippen molar-refractivity contribution in [2.24, 2.45) is 11.3 Å². The predicted molar refractivity (Wildman–Crippen MR) is 73.5 cm³/mol. The number of nitrogens with one attached hydrogen (secondary N) is 1. The van der Waals surface area contributed by atoms with Gasteiger partial charge in [-0.2, -0.15) is 13.2 Å². The molecule has 3 unspecified atom stereocenters. The molecule has 0 aromatic rings. The number of likely N-dealkylation sites (tertiary alicyclic amines) is 1. The first-order chi connectivity index (χ1) is 8.97. The van der Waals surface area contributed by atoms with Crippen molar-refractivity contribution in [3.05, 3.63) is 0 Å². The largest absolute Gasteiger partial charge is 0.401 e. The fourth-order valence-electron chi connectivity index (χ4n) is 2.69. The number of hydrogen-bond donors (Lipinski definition) is 2. The zero-order valence-corrected chi connectivity index (χ0v) is 12.8. The number of alkyl halides is 3. The number of rotatable bonds is 4. The van der Waals surface area contributed by atoms with Gasteiger partial charge in [0.05, 0.1) is 12.6 Å². The summed E-state index contributed by atoms with van der Waals surface area (Å²) in [5.41, 5.74) is -0.190. The monoisotopic (exact) mass is 296 g/mol. The second kappa shape index (κ2) is 6.62. The van der Waals surface area contributed by atoms with Crippen molar-refractivity contribution >= 4 is 0 Å². The maximum Gasteiger partial charge on any atom is 0.401 e. The molecule has 3 atom stereocenters. The van der Waals surface area contributed by atoms with Gasteiger partial charge in [-0.3, -0.25) is 0 Å². The molecule has 0 amide bonds. The fourth-order valence-corrected chi connectivity index (χ4v) is 2.69. The van der Waals surface area contributed by atoms with Crippen LogP contribution in [-0.4, -0.2) is 55.0 Å². The van der Waals surface area contributed by atoms with Gasteiger partial charge < -0.3 is 15.3 Å². The van der Waals surface area contributed by atoms with Crippen LogP contribution in [-0.2, 0) is 0 Å². The van der Waals surface area contributed by atoms with Crippen LogP contribution in [0.25, 0.3) is 0 Å². The molecule has 2 N–H and O–H groups in total. The summed E-state index contributed by atoms with van der Waals surface area (Å²) in [5, 5.41) is 12.7. The number of halogens is 3. The average molecular weight is 296 g/mol. The number of piperidine rings is 1. The standard InChI is InChI=1S/C14H27F3N2O/c1-13(2,3)12(20)6-10-5-11(8-19(4)7-10)18-9-14(15,16)17/h10-12,18,20H,5-9H2,1-4H3. The first-order valence-electron chi connectivity index (χ1n) is 7.14. The van der Waals surface area contributed by atoms with Gasteiger partial charge in [-0.15, -0.1) is 0 Å². The van der Waals surface area contributed by atoms with Gasteiger partial charge in [0.2, 0.25) is 0 Å². The second-order valence-electron chi connectivity index (χ2n) is 7.13. The van der Waals surface area contributed by atoms with E-state index in [0.717, 1.165) is 6.54 Å². The van der Waals surface area contributed by atoms with Crippen LogP contribution in [0.2, 0.25) is 0 Å². The Morgan fingerprint density at radius 2 is 1.85 bits per heavy atom. The lowest BCUT2D eigenvalue weighted by atomic mass is 9.80. The number of aliphatic hydroxyl groups is 1. The normalized spacial score (nSPS) is 27.6. The van der Waals surface area contributed by atoms with Crippen molar-refractivity contribution in [2.45, 2.75) is 51.9 Å². The molecule has 0 bridgehead atoms. The Morgan fingerprint density at radius 3 is 2.35 bits per heavy atom. The maximum absolute atomic E-state index is 12.3. The van der Waals surface area contributed by atoms with Crippen LogP contribution < -0.4 is 5.32 Å². The molecule has 1 fully saturated rings. The molecule has 0 radical (unpaired) electrons. The highest BCUT2D eigenvalue weighted by Gasteiger charge is 2.33. The van der Waals surface area contributed by atoms with E-state index in [1.54, 1.807) is 0 Å². The van der Waals surface area contributed by atoms with E-state index in [-0.39, 0.29) is 17.4 Å². The van der Waals surface area contributed by atoms with Crippen LogP contribution in [0, 0.1) is 11.3 Å². The highest BCUT2D eigenvalue weighted by Crippen LogP contribution is 2.28. The quantitative estimate of drug-likeness (QED) is 0.835. The number of aliphatic hydroxyl groups excluding tert-OH is 1. The van der Waals surface area contributed by atoms with Crippen LogP contribution in [0.3, 0.4) is 0 Å². The number of hydrogen-bond acceptors (Lipinski definition) is 3. The lowest BCUT2D eigenvalue weighted by Gasteiger charge is -2.38. The van der Waals surface area contributed by atoms with Crippen LogP contribution in [0.4, 0.5) is 13.2 Å². The topological polar surface area (TPSA) is 35.5 Å². The van der Waals surface area contributed by atoms with E-state index in [4.69, 9.17) is 0 Å². The molecule has 0 aromatic heterocycles. The van der Waals surface area contributed by atoms with E-state index in [2.05, 4.69) is 5.32 Å². The van der Waals surface area contributed by atoms with E-state index in [1.165, 1.54) is 0 Å². The van der Waals surface area contributed by atoms with E-state index >= 15 is 0 Å². The van der Waals surface area contributed by atoms with Gasteiger partial charge >= 0.3 is 6.18 Å². The predicted octanol–water partition coefficient (Wildman–Crippen LogP) is 2.26. The summed E-state index contributed by atoms with van der Waals surface area (Å²) in [6, 6.07) is -0.160. The Hall–Kier alpha value is -0.330. The minimum Gasteiger partial charge on any atom is -0.393 e. The smallest absolute Gasteiger partial charge is 0.393 e. The Bertz CT molecular complexity index is 302. The van der Waals surface area contributed by atoms with Crippen LogP contribution in [0.5, 0.6) is 0 Å². The highest BCUT2D eigenvalue weighted by atomic mass is 19.4. The van der Waals surface area contributed by atoms with Crippen molar-refractivity contribution in [3.8, 4) is 0 Å². The maximum atomic E-state index is 12.3. The van der Waals surface area contributed by atoms with Crippen molar-refractivity contribution in [2.75, 3.05) is 26.7 Å². The molecule has 1 heterocycles. The van der Waals surface area contributed by atoms with Crippen LogP contribution >= 0.6 is 0 Å². The van der Waals surface area contributed by atoms with Crippen molar-refractivity contribution in [1.29, 1.82) is 0 Å². The van der Waals surface area contributed by atoms with E-state index < -0.39 is 18.8 Å². The number of likely N-dealkylation sites (N-methyl/N-ethyl adjacent to an activating group) is 1. The zero-order valence-electron chi connectivity index (χ0n) is 12.8. The van der Waals surface area contributed by atoms with E-state index in [1.807, 2.05) is 32.7 Å². The Balaban J connectivity index is 2.49. The molecule has 0 saturated carbocycles. The lowest BCUT2D eigenvalue weighted by Crippen LogP contribution is -2.50. The summed E-state index contributed by atoms with van der Waals surface area (Å²) in [4.78, 5) is 2.04. The molecular weight excluding hydrogens is 269 g/mol. The Morgan fingerprint density at radius 1 is 1.25 bits per heavy atom. The molecule has 0 aliphatic carbocycles. The summed E-state index contributed by atoms with van der Waals surface area (Å²) in [5.74, 6) is 0.230. The Labute approximate surface area is 119 Å². The third-order valence-electron chi connectivity index (χ3n) is 3.87. The minimum atomic E-state index is -4.17. The minimum absolute atomic E-state index is 0.160. The summed E-state index contributed by atoms with van der Waals surface area (Å²) in [6.07, 6.45) is -3.27. The van der Waals surface area contributed by atoms with Gasteiger partial charge in [-0.25, -0.2) is 0 Å². The summed E-state index contributed by atoms with van der Waals surface area (Å²) >= 11 is 0. The van der Waals surface area contributed by atoms with E-state index in [0.29, 0.717) is 19.4 Å². The molecule has 20 heavy (non-hydrogen) atoms. The first-order valence-corrected chi connectivity index (χ1v) is 7.14. The highest BCUT2D eigenvalue weighted by molar-refractivity contribution is 4.86. The van der Waals surface area contributed by atoms with Gasteiger partial charge in [0, 0.05) is 19.1 Å². The Kier molecular flexibility index (Phi) is 5.87. The molecule has 0 aromatic carbocycles. The zero-order chi connectivity index (χ0) is 15.6. The van der Waals surface area contributed by atoms with Gasteiger partial charge in [0.25, 0.3) is 0 Å². The first kappa shape index (κ1) is 17.7. The van der Waals surface area contributed by atoms with Crippen molar-refractivity contribution < 1.29 is 18.3 Å². The second-order valence-corrected chi connectivity index (χ2v) is 7.13. The molecule has 1 rings (SSSR count). The van der Waals surface area contributed by atoms with Crippen LogP contribution in [0.15, 0.2) is 0 Å². The van der Waals surface area contributed by atoms with Crippen LogP contribution in [0.1, 0.15) is 33.6 Å². The van der Waals surface area contributed by atoms with Gasteiger partial charge in [0.15, 0.2) is 0 Å². The van der Waals surface area contributed by atoms with Gasteiger partial charge in [-0.05, 0) is 31.2 Å². The molecule has 6 heteroatoms. The molecule has 1 aliphatic rings. The molecule has 1 saturated heterocycles. The molecule has 1 aliphatic heterocycles. The summed E-state index contributed by atoms with van der Waals surface area (Å²) in [6.45, 7) is 6.44. The van der Waals surface area contributed by atoms with Gasteiger partial charge in [-0.1, -0.05) is 20.8 Å². The third kappa shape index (κ3) is 6.41. The van der Waals surface area contributed by atoms with Crippen molar-refractivity contribution in [3.63, 3.8) is 0 Å². The molecule has 0 spiro atoms. The van der Waals surface area contributed by atoms with Crippen molar-refractivity contribution in [1.82, 2.24) is 10.2 Å². The molecule has 3 nitrogen and oxygen atoms in total. The molecular formula is C14H27F3N2O. The van der Waals surface area contributed by atoms with E-state index in [9.17, 15) is 18.3 Å². The summed E-state index contributed by atoms with van der Waals surface area (Å²) in [7, 11) is 1.91.